The highest BCUT2D eigenvalue weighted by atomic mass is 79.9. The second-order valence-corrected chi connectivity index (χ2v) is 6.91. The van der Waals surface area contributed by atoms with E-state index in [9.17, 15) is 9.59 Å². The van der Waals surface area contributed by atoms with E-state index in [0.29, 0.717) is 33.6 Å². The summed E-state index contributed by atoms with van der Waals surface area (Å²) in [7, 11) is 1.50. The maximum atomic E-state index is 12.5. The van der Waals surface area contributed by atoms with Gasteiger partial charge >= 0.3 is 5.97 Å². The molecule has 0 spiro atoms. The number of amides is 1. The van der Waals surface area contributed by atoms with Crippen molar-refractivity contribution in [3.05, 3.63) is 56.5 Å². The van der Waals surface area contributed by atoms with Crippen molar-refractivity contribution >= 4 is 49.4 Å². The molecule has 0 saturated heterocycles. The van der Waals surface area contributed by atoms with Gasteiger partial charge in [0.15, 0.2) is 0 Å². The lowest BCUT2D eigenvalue weighted by atomic mass is 10.1. The highest BCUT2D eigenvalue weighted by Gasteiger charge is 2.17. The van der Waals surface area contributed by atoms with E-state index in [2.05, 4.69) is 37.2 Å². The molecule has 132 valence electrons. The zero-order valence-corrected chi connectivity index (χ0v) is 16.9. The zero-order valence-electron chi connectivity index (χ0n) is 13.8. The van der Waals surface area contributed by atoms with E-state index in [1.807, 2.05) is 6.92 Å². The van der Waals surface area contributed by atoms with Gasteiger partial charge in [-0.2, -0.15) is 0 Å². The predicted molar refractivity (Wildman–Crippen MR) is 103 cm³/mol. The first-order valence-corrected chi connectivity index (χ1v) is 9.16. The predicted octanol–water partition coefficient (Wildman–Crippen LogP) is 5.04. The van der Waals surface area contributed by atoms with E-state index in [1.165, 1.54) is 7.11 Å². The van der Waals surface area contributed by atoms with Crippen LogP contribution in [0.4, 0.5) is 5.69 Å². The van der Waals surface area contributed by atoms with Crippen molar-refractivity contribution in [3.8, 4) is 5.75 Å². The summed E-state index contributed by atoms with van der Waals surface area (Å²) in [5.41, 5.74) is 1.39. The van der Waals surface area contributed by atoms with Crippen LogP contribution in [0.25, 0.3) is 0 Å². The molecule has 0 aliphatic rings. The van der Waals surface area contributed by atoms with Crippen LogP contribution in [-0.2, 0) is 4.74 Å². The van der Waals surface area contributed by atoms with Gasteiger partial charge in [0.2, 0.25) is 0 Å². The monoisotopic (exact) mass is 469 g/mol. The Kier molecular flexibility index (Phi) is 7.01. The van der Waals surface area contributed by atoms with E-state index in [0.717, 1.165) is 10.9 Å². The van der Waals surface area contributed by atoms with Gasteiger partial charge in [-0.3, -0.25) is 4.79 Å². The van der Waals surface area contributed by atoms with E-state index in [1.54, 1.807) is 36.4 Å². The summed E-state index contributed by atoms with van der Waals surface area (Å²) in [5.74, 6) is -0.252. The fourth-order valence-corrected chi connectivity index (χ4v) is 3.49. The largest absolute Gasteiger partial charge is 0.495 e. The summed E-state index contributed by atoms with van der Waals surface area (Å²) in [6.07, 6.45) is 0.768. The Bertz CT molecular complexity index is 775. The van der Waals surface area contributed by atoms with Crippen molar-refractivity contribution in [2.45, 2.75) is 13.3 Å². The molecule has 2 rings (SSSR count). The fraction of sp³-hybridized carbons (Fsp3) is 0.222. The number of halogens is 2. The van der Waals surface area contributed by atoms with Crippen molar-refractivity contribution in [2.75, 3.05) is 19.0 Å². The third-order valence-corrected chi connectivity index (χ3v) is 4.32. The van der Waals surface area contributed by atoms with Crippen LogP contribution >= 0.6 is 31.9 Å². The maximum Gasteiger partial charge on any atom is 0.338 e. The minimum Gasteiger partial charge on any atom is -0.495 e. The summed E-state index contributed by atoms with van der Waals surface area (Å²) in [4.78, 5) is 24.3. The molecule has 1 N–H and O–H groups in total. The van der Waals surface area contributed by atoms with Crippen molar-refractivity contribution in [1.82, 2.24) is 0 Å². The van der Waals surface area contributed by atoms with Crippen molar-refractivity contribution in [1.29, 1.82) is 0 Å². The van der Waals surface area contributed by atoms with E-state index < -0.39 is 0 Å². The summed E-state index contributed by atoms with van der Waals surface area (Å²) in [6, 6.07) is 10.0. The first-order chi connectivity index (χ1) is 12.0. The lowest BCUT2D eigenvalue weighted by Crippen LogP contribution is -2.14. The molecule has 0 aromatic heterocycles. The molecule has 0 saturated carbocycles. The second kappa shape index (κ2) is 9.01. The van der Waals surface area contributed by atoms with Gasteiger partial charge in [-0.15, -0.1) is 0 Å². The summed E-state index contributed by atoms with van der Waals surface area (Å²) >= 11 is 6.73. The first kappa shape index (κ1) is 19.5. The lowest BCUT2D eigenvalue weighted by molar-refractivity contribution is 0.0505. The van der Waals surface area contributed by atoms with Gasteiger partial charge in [-0.05, 0) is 58.7 Å². The standard InChI is InChI=1S/C18H17Br2NO4/c1-3-8-25-18(23)11-4-6-13(7-5-11)21-17(22)14-9-12(19)10-15(20)16(14)24-2/h4-7,9-10H,3,8H2,1-2H3,(H,21,22). The molecule has 0 bridgehead atoms. The minimum atomic E-state index is -0.377. The highest BCUT2D eigenvalue weighted by molar-refractivity contribution is 9.11. The number of nitrogens with one attached hydrogen (secondary N) is 1. The van der Waals surface area contributed by atoms with Gasteiger partial charge in [-0.25, -0.2) is 4.79 Å². The average molecular weight is 471 g/mol. The van der Waals surface area contributed by atoms with Crippen LogP contribution in [0, 0.1) is 0 Å². The number of benzene rings is 2. The van der Waals surface area contributed by atoms with Gasteiger partial charge < -0.3 is 14.8 Å². The average Bonchev–Trinajstić information content (AvgIpc) is 2.59. The van der Waals surface area contributed by atoms with Gasteiger partial charge in [-0.1, -0.05) is 22.9 Å². The number of ether oxygens (including phenoxy) is 2. The molecule has 2 aromatic rings. The van der Waals surface area contributed by atoms with Crippen LogP contribution in [0.5, 0.6) is 5.75 Å². The Morgan fingerprint density at radius 1 is 1.12 bits per heavy atom. The van der Waals surface area contributed by atoms with E-state index in [-0.39, 0.29) is 11.9 Å². The number of anilines is 1. The Hall–Kier alpha value is -1.86. The molecule has 0 atom stereocenters. The van der Waals surface area contributed by atoms with Crippen molar-refractivity contribution < 1.29 is 19.1 Å². The van der Waals surface area contributed by atoms with Crippen LogP contribution in [-0.4, -0.2) is 25.6 Å². The molecule has 25 heavy (non-hydrogen) atoms. The number of carbonyl (C=O) groups excluding carboxylic acids is 2. The molecule has 0 aliphatic heterocycles. The maximum absolute atomic E-state index is 12.5. The third-order valence-electron chi connectivity index (χ3n) is 3.27. The number of rotatable bonds is 6. The second-order valence-electron chi connectivity index (χ2n) is 5.14. The van der Waals surface area contributed by atoms with Crippen LogP contribution in [0.1, 0.15) is 34.1 Å². The molecule has 7 heteroatoms. The quantitative estimate of drug-likeness (QED) is 0.600. The highest BCUT2D eigenvalue weighted by Crippen LogP contribution is 2.33. The Labute approximate surface area is 163 Å². The number of hydrogen-bond donors (Lipinski definition) is 1. The molecule has 1 amide bonds. The zero-order chi connectivity index (χ0) is 18.4. The molecular formula is C18H17Br2NO4. The van der Waals surface area contributed by atoms with E-state index >= 15 is 0 Å². The summed E-state index contributed by atoms with van der Waals surface area (Å²) in [5, 5.41) is 2.78. The Balaban J connectivity index is 2.15. The lowest BCUT2D eigenvalue weighted by Gasteiger charge is -2.12. The molecular weight excluding hydrogens is 454 g/mol. The summed E-state index contributed by atoms with van der Waals surface area (Å²) < 4.78 is 11.8. The first-order valence-electron chi connectivity index (χ1n) is 7.57. The molecule has 0 radical (unpaired) electrons. The Morgan fingerprint density at radius 2 is 1.80 bits per heavy atom. The summed E-state index contributed by atoms with van der Waals surface area (Å²) in [6.45, 7) is 2.31. The number of hydrogen-bond acceptors (Lipinski definition) is 4. The third kappa shape index (κ3) is 5.06. The SMILES string of the molecule is CCCOC(=O)c1ccc(NC(=O)c2cc(Br)cc(Br)c2OC)cc1. The smallest absolute Gasteiger partial charge is 0.338 e. The van der Waals surface area contributed by atoms with Gasteiger partial charge in [0.05, 0.1) is 29.3 Å². The molecule has 0 heterocycles. The minimum absolute atomic E-state index is 0.319. The molecule has 5 nitrogen and oxygen atoms in total. The normalized spacial score (nSPS) is 10.2. The molecule has 2 aromatic carbocycles. The van der Waals surface area contributed by atoms with Gasteiger partial charge in [0.1, 0.15) is 5.75 Å². The number of methoxy groups -OCH3 is 1. The van der Waals surface area contributed by atoms with Crippen LogP contribution in [0.2, 0.25) is 0 Å². The number of carbonyl (C=O) groups is 2. The van der Waals surface area contributed by atoms with Crippen molar-refractivity contribution in [2.24, 2.45) is 0 Å². The van der Waals surface area contributed by atoms with Crippen LogP contribution in [0.15, 0.2) is 45.3 Å². The number of esters is 1. The molecule has 0 unspecified atom stereocenters. The molecule has 0 fully saturated rings. The van der Waals surface area contributed by atoms with Crippen LogP contribution < -0.4 is 10.1 Å². The Morgan fingerprint density at radius 3 is 2.40 bits per heavy atom. The van der Waals surface area contributed by atoms with Crippen molar-refractivity contribution in [3.63, 3.8) is 0 Å². The van der Waals surface area contributed by atoms with Crippen LogP contribution in [0.3, 0.4) is 0 Å². The molecule has 0 aliphatic carbocycles. The van der Waals surface area contributed by atoms with Gasteiger partial charge in [0.25, 0.3) is 5.91 Å². The topological polar surface area (TPSA) is 64.6 Å². The fourth-order valence-electron chi connectivity index (χ4n) is 2.10. The van der Waals surface area contributed by atoms with E-state index in [4.69, 9.17) is 9.47 Å². The van der Waals surface area contributed by atoms with Gasteiger partial charge in [0, 0.05) is 10.2 Å².